The van der Waals surface area contributed by atoms with Crippen LogP contribution in [0.4, 0.5) is 0 Å². The lowest BCUT2D eigenvalue weighted by Crippen LogP contribution is -2.59. The number of amides is 2. The Morgan fingerprint density at radius 3 is 2.28 bits per heavy atom. The Bertz CT molecular complexity index is 812. The summed E-state index contributed by atoms with van der Waals surface area (Å²) in [5.41, 5.74) is -0.790. The summed E-state index contributed by atoms with van der Waals surface area (Å²) in [5, 5.41) is 5.92. The number of nitrogens with zero attached hydrogens (tertiary/aromatic N) is 1. The smallest absolute Gasteiger partial charge is 0.245 e. The summed E-state index contributed by atoms with van der Waals surface area (Å²) < 4.78 is 27.0. The van der Waals surface area contributed by atoms with Gasteiger partial charge in [-0.25, -0.2) is 8.42 Å². The van der Waals surface area contributed by atoms with E-state index in [1.807, 2.05) is 0 Å². The number of piperidine rings is 1. The molecular weight excluding hydrogens is 390 g/mol. The lowest BCUT2D eigenvalue weighted by molar-refractivity contribution is -0.134. The highest BCUT2D eigenvalue weighted by Crippen LogP contribution is 2.29. The second-order valence-electron chi connectivity index (χ2n) is 8.19. The van der Waals surface area contributed by atoms with E-state index in [-0.39, 0.29) is 17.7 Å². The molecule has 0 spiro atoms. The third-order valence-corrected chi connectivity index (χ3v) is 7.98. The number of rotatable bonds is 6. The minimum absolute atomic E-state index is 0.105. The van der Waals surface area contributed by atoms with Gasteiger partial charge in [-0.05, 0) is 43.7 Å². The largest absolute Gasteiger partial charge is 0.354 e. The third kappa shape index (κ3) is 5.17. The standard InChI is InChI=1S/C21H31N3O4S/c1-17(25)23-21(12-6-3-7-13-21)20(26)22-16-18-10-14-24(15-11-18)29(27,28)19-8-4-2-5-9-19/h2,4-5,8-9,18H,3,6-7,10-16H2,1H3,(H,22,26)(H,23,25). The van der Waals surface area contributed by atoms with E-state index in [1.54, 1.807) is 30.3 Å². The van der Waals surface area contributed by atoms with Crippen molar-refractivity contribution in [3.05, 3.63) is 30.3 Å². The summed E-state index contributed by atoms with van der Waals surface area (Å²) in [6.45, 7) is 2.87. The number of hydrogen-bond acceptors (Lipinski definition) is 4. The van der Waals surface area contributed by atoms with Gasteiger partial charge in [0, 0.05) is 26.6 Å². The first-order chi connectivity index (χ1) is 13.8. The molecule has 1 aromatic carbocycles. The second-order valence-corrected chi connectivity index (χ2v) is 10.1. The van der Waals surface area contributed by atoms with E-state index >= 15 is 0 Å². The van der Waals surface area contributed by atoms with Gasteiger partial charge >= 0.3 is 0 Å². The van der Waals surface area contributed by atoms with E-state index < -0.39 is 15.6 Å². The zero-order valence-electron chi connectivity index (χ0n) is 17.0. The van der Waals surface area contributed by atoms with Gasteiger partial charge in [-0.3, -0.25) is 9.59 Å². The third-order valence-electron chi connectivity index (χ3n) is 6.06. The van der Waals surface area contributed by atoms with Crippen molar-refractivity contribution in [2.75, 3.05) is 19.6 Å². The monoisotopic (exact) mass is 421 g/mol. The van der Waals surface area contributed by atoms with Crippen molar-refractivity contribution in [1.82, 2.24) is 14.9 Å². The lowest BCUT2D eigenvalue weighted by atomic mass is 9.80. The average molecular weight is 422 g/mol. The molecule has 0 aromatic heterocycles. The Kier molecular flexibility index (Phi) is 6.95. The van der Waals surface area contributed by atoms with Crippen LogP contribution in [0.3, 0.4) is 0 Å². The van der Waals surface area contributed by atoms with Gasteiger partial charge in [-0.15, -0.1) is 0 Å². The van der Waals surface area contributed by atoms with Crippen molar-refractivity contribution >= 4 is 21.8 Å². The van der Waals surface area contributed by atoms with Crippen LogP contribution < -0.4 is 10.6 Å². The maximum atomic E-state index is 12.9. The molecule has 0 unspecified atom stereocenters. The van der Waals surface area contributed by atoms with Crippen LogP contribution in [0.5, 0.6) is 0 Å². The van der Waals surface area contributed by atoms with Crippen molar-refractivity contribution in [2.24, 2.45) is 5.92 Å². The number of carbonyl (C=O) groups is 2. The number of nitrogens with one attached hydrogen (secondary N) is 2. The highest BCUT2D eigenvalue weighted by Gasteiger charge is 2.40. The Morgan fingerprint density at radius 2 is 1.69 bits per heavy atom. The van der Waals surface area contributed by atoms with E-state index in [2.05, 4.69) is 10.6 Å². The molecule has 1 aromatic rings. The van der Waals surface area contributed by atoms with Gasteiger partial charge in [-0.2, -0.15) is 4.31 Å². The number of carbonyl (C=O) groups excluding carboxylic acids is 2. The average Bonchev–Trinajstić information content (AvgIpc) is 2.73. The van der Waals surface area contributed by atoms with Crippen LogP contribution >= 0.6 is 0 Å². The molecule has 2 amide bonds. The van der Waals surface area contributed by atoms with E-state index in [4.69, 9.17) is 0 Å². The summed E-state index contributed by atoms with van der Waals surface area (Å²) in [4.78, 5) is 24.8. The Balaban J connectivity index is 1.53. The Hall–Kier alpha value is -1.93. The predicted octanol–water partition coefficient (Wildman–Crippen LogP) is 2.04. The van der Waals surface area contributed by atoms with Crippen LogP contribution in [0.25, 0.3) is 0 Å². The fourth-order valence-corrected chi connectivity index (χ4v) is 5.89. The summed E-state index contributed by atoms with van der Waals surface area (Å²) in [5.74, 6) is -0.0487. The van der Waals surface area contributed by atoms with Crippen LogP contribution in [0.1, 0.15) is 51.9 Å². The molecule has 8 heteroatoms. The molecule has 1 aliphatic heterocycles. The van der Waals surface area contributed by atoms with Gasteiger partial charge in [0.1, 0.15) is 5.54 Å². The Labute approximate surface area is 173 Å². The molecule has 160 valence electrons. The molecule has 0 bridgehead atoms. The number of hydrogen-bond donors (Lipinski definition) is 2. The first-order valence-corrected chi connectivity index (χ1v) is 11.9. The maximum absolute atomic E-state index is 12.9. The molecule has 7 nitrogen and oxygen atoms in total. The van der Waals surface area contributed by atoms with Gasteiger partial charge in [-0.1, -0.05) is 37.5 Å². The quantitative estimate of drug-likeness (QED) is 0.735. The molecule has 29 heavy (non-hydrogen) atoms. The number of sulfonamides is 1. The van der Waals surface area contributed by atoms with E-state index in [1.165, 1.54) is 11.2 Å². The van der Waals surface area contributed by atoms with E-state index in [0.717, 1.165) is 19.3 Å². The topological polar surface area (TPSA) is 95.6 Å². The fraction of sp³-hybridized carbons (Fsp3) is 0.619. The molecule has 1 heterocycles. The molecule has 3 rings (SSSR count). The van der Waals surface area contributed by atoms with E-state index in [9.17, 15) is 18.0 Å². The van der Waals surface area contributed by atoms with Crippen molar-refractivity contribution < 1.29 is 18.0 Å². The van der Waals surface area contributed by atoms with Crippen molar-refractivity contribution in [2.45, 2.75) is 62.3 Å². The van der Waals surface area contributed by atoms with Crippen molar-refractivity contribution in [1.29, 1.82) is 0 Å². The highest BCUT2D eigenvalue weighted by molar-refractivity contribution is 7.89. The lowest BCUT2D eigenvalue weighted by Gasteiger charge is -2.37. The molecule has 0 radical (unpaired) electrons. The van der Waals surface area contributed by atoms with Crippen LogP contribution in [0.15, 0.2) is 35.2 Å². The minimum atomic E-state index is -3.46. The van der Waals surface area contributed by atoms with Crippen molar-refractivity contribution in [3.8, 4) is 0 Å². The second kappa shape index (κ2) is 9.26. The van der Waals surface area contributed by atoms with Gasteiger partial charge < -0.3 is 10.6 Å². The van der Waals surface area contributed by atoms with Gasteiger partial charge in [0.2, 0.25) is 21.8 Å². The first-order valence-electron chi connectivity index (χ1n) is 10.5. The first kappa shape index (κ1) is 21.8. The van der Waals surface area contributed by atoms with Gasteiger partial charge in [0.15, 0.2) is 0 Å². The molecule has 1 aliphatic carbocycles. The van der Waals surface area contributed by atoms with Crippen LogP contribution in [-0.2, 0) is 19.6 Å². The van der Waals surface area contributed by atoms with Crippen LogP contribution in [-0.4, -0.2) is 49.7 Å². The number of benzene rings is 1. The normalized spacial score (nSPS) is 20.7. The molecular formula is C21H31N3O4S. The molecule has 1 saturated heterocycles. The maximum Gasteiger partial charge on any atom is 0.245 e. The van der Waals surface area contributed by atoms with Crippen LogP contribution in [0.2, 0.25) is 0 Å². The highest BCUT2D eigenvalue weighted by atomic mass is 32.2. The zero-order valence-corrected chi connectivity index (χ0v) is 17.8. The van der Waals surface area contributed by atoms with E-state index in [0.29, 0.717) is 50.2 Å². The SMILES string of the molecule is CC(=O)NC1(C(=O)NCC2CCN(S(=O)(=O)c3ccccc3)CC2)CCCCC1. The minimum Gasteiger partial charge on any atom is -0.354 e. The fourth-order valence-electron chi connectivity index (χ4n) is 4.40. The summed E-state index contributed by atoms with van der Waals surface area (Å²) in [6.07, 6.45) is 5.72. The predicted molar refractivity (Wildman–Crippen MR) is 111 cm³/mol. The van der Waals surface area contributed by atoms with Gasteiger partial charge in [0.25, 0.3) is 0 Å². The van der Waals surface area contributed by atoms with Gasteiger partial charge in [0.05, 0.1) is 4.90 Å². The van der Waals surface area contributed by atoms with Crippen molar-refractivity contribution in [3.63, 3.8) is 0 Å². The molecule has 0 atom stereocenters. The molecule has 1 saturated carbocycles. The molecule has 2 N–H and O–H groups in total. The Morgan fingerprint density at radius 1 is 1.07 bits per heavy atom. The molecule has 2 aliphatic rings. The molecule has 2 fully saturated rings. The van der Waals surface area contributed by atoms with Crippen LogP contribution in [0, 0.1) is 5.92 Å². The summed E-state index contributed by atoms with van der Waals surface area (Å²) in [6, 6.07) is 8.49. The summed E-state index contributed by atoms with van der Waals surface area (Å²) >= 11 is 0. The zero-order chi connectivity index (χ0) is 20.9. The summed E-state index contributed by atoms with van der Waals surface area (Å²) in [7, 11) is -3.46.